The highest BCUT2D eigenvalue weighted by molar-refractivity contribution is 9.10. The molecule has 144 valence electrons. The third-order valence-electron chi connectivity index (χ3n) is 3.26. The Morgan fingerprint density at radius 3 is 2.85 bits per heavy atom. The number of benzene rings is 1. The lowest BCUT2D eigenvalue weighted by Gasteiger charge is -2.08. The summed E-state index contributed by atoms with van der Waals surface area (Å²) in [6.45, 7) is 1.92. The van der Waals surface area contributed by atoms with Crippen molar-refractivity contribution in [2.75, 3.05) is 6.54 Å². The molecule has 1 N–H and O–H groups in total. The van der Waals surface area contributed by atoms with Crippen LogP contribution in [0.2, 0.25) is 0 Å². The summed E-state index contributed by atoms with van der Waals surface area (Å²) in [5.74, 6) is -1.29. The van der Waals surface area contributed by atoms with Crippen molar-refractivity contribution in [2.45, 2.75) is 17.2 Å². The zero-order chi connectivity index (χ0) is 19.6. The van der Waals surface area contributed by atoms with Gasteiger partial charge in [-0.2, -0.15) is 0 Å². The van der Waals surface area contributed by atoms with Gasteiger partial charge in [0.05, 0.1) is 10.2 Å². The van der Waals surface area contributed by atoms with Crippen molar-refractivity contribution in [3.8, 4) is 17.2 Å². The van der Waals surface area contributed by atoms with Crippen molar-refractivity contribution in [1.82, 2.24) is 24.8 Å². The van der Waals surface area contributed by atoms with Crippen molar-refractivity contribution in [3.05, 3.63) is 39.0 Å². The molecule has 2 aromatic heterocycles. The van der Waals surface area contributed by atoms with Crippen LogP contribution in [0.15, 0.2) is 41.6 Å². The molecule has 0 saturated heterocycles. The molecule has 0 aliphatic carbocycles. The maximum Gasteiger partial charge on any atom is 0.446 e. The number of rotatable bonds is 7. The number of halogens is 2. The van der Waals surface area contributed by atoms with Crippen LogP contribution in [0.5, 0.6) is 0 Å². The van der Waals surface area contributed by atoms with Crippen LogP contribution in [-0.4, -0.2) is 40.2 Å². The molecule has 3 rings (SSSR count). The topological polar surface area (TPSA) is 133 Å². The van der Waals surface area contributed by atoms with E-state index in [-0.39, 0.29) is 32.8 Å². The van der Waals surface area contributed by atoms with Gasteiger partial charge in [-0.15, -0.1) is 0 Å². The summed E-state index contributed by atoms with van der Waals surface area (Å²) in [7, 11) is -2.72. The van der Waals surface area contributed by atoms with E-state index in [2.05, 4.69) is 36.1 Å². The molecule has 0 amide bonds. The van der Waals surface area contributed by atoms with Crippen molar-refractivity contribution in [3.63, 3.8) is 0 Å². The number of thiol groups is 1. The minimum absolute atomic E-state index is 0.0114. The van der Waals surface area contributed by atoms with E-state index in [4.69, 9.17) is 9.15 Å². The van der Waals surface area contributed by atoms with Crippen LogP contribution < -0.4 is 10.5 Å². The Morgan fingerprint density at radius 1 is 1.37 bits per heavy atom. The van der Waals surface area contributed by atoms with Gasteiger partial charge in [-0.25, -0.2) is 31.5 Å². The van der Waals surface area contributed by atoms with Crippen LogP contribution >= 0.6 is 27.7 Å². The maximum absolute atomic E-state index is 13.5. The van der Waals surface area contributed by atoms with Crippen LogP contribution in [0, 0.1) is 5.82 Å². The first-order valence-corrected chi connectivity index (χ1v) is 10.1. The molecule has 0 fully saturated rings. The Hall–Kier alpha value is -2.03. The molecule has 1 aromatic carbocycles. The Morgan fingerprint density at radius 2 is 2.15 bits per heavy atom. The molecule has 0 aliphatic rings. The first kappa shape index (κ1) is 19.7. The van der Waals surface area contributed by atoms with Crippen molar-refractivity contribution in [2.24, 2.45) is 0 Å². The summed E-state index contributed by atoms with van der Waals surface area (Å²) in [6, 6.07) is 3.94. The summed E-state index contributed by atoms with van der Waals surface area (Å²) in [5.41, 5.74) is 0.422. The Balaban J connectivity index is 1.96. The molecule has 10 nitrogen and oxygen atoms in total. The molecular formula is C13H11BrFN5O5S2. The zero-order valence-corrected chi connectivity index (χ0v) is 16.8. The molecule has 0 spiro atoms. The number of nitrogens with one attached hydrogen (secondary N) is 1. The molecule has 1 atom stereocenters. The Labute approximate surface area is 165 Å². The van der Waals surface area contributed by atoms with Crippen molar-refractivity contribution < 1.29 is 22.0 Å². The van der Waals surface area contributed by atoms with Gasteiger partial charge in [0.15, 0.2) is 10.7 Å². The van der Waals surface area contributed by atoms with Gasteiger partial charge >= 0.3 is 5.76 Å². The fourth-order valence-electron chi connectivity index (χ4n) is 2.08. The number of hydrogen-bond donors (Lipinski definition) is 2. The standard InChI is InChI=1S/C13H11BrFN5O5S2/c1-6(5-16-27(22)23)26-12-10(17-25-19-12)11-18-24-13(21)20(11)7-2-3-9(15)8(14)4-7/h2-4,6,27H,5H2,1H3,(H,16,22,23). The molecule has 0 saturated carbocycles. The number of nitrogens with zero attached hydrogens (tertiary/aromatic N) is 4. The van der Waals surface area contributed by atoms with Gasteiger partial charge in [0, 0.05) is 11.8 Å². The van der Waals surface area contributed by atoms with Crippen LogP contribution in [0.3, 0.4) is 0 Å². The Bertz CT molecular complexity index is 1090. The SMILES string of the molecule is CC(CN[SH](=O)=O)Sc1nonc1-c1noc(=O)n1-c1ccc(F)c(Br)c1. The molecule has 1 unspecified atom stereocenters. The van der Waals surface area contributed by atoms with Gasteiger partial charge in [0.25, 0.3) is 0 Å². The number of aromatic nitrogens is 4. The lowest BCUT2D eigenvalue weighted by Crippen LogP contribution is -2.21. The first-order valence-electron chi connectivity index (χ1n) is 7.28. The fourth-order valence-corrected chi connectivity index (χ4v) is 3.86. The maximum atomic E-state index is 13.5. The summed E-state index contributed by atoms with van der Waals surface area (Å²) < 4.78 is 47.7. The van der Waals surface area contributed by atoms with Crippen molar-refractivity contribution in [1.29, 1.82) is 0 Å². The zero-order valence-electron chi connectivity index (χ0n) is 13.5. The highest BCUT2D eigenvalue weighted by Crippen LogP contribution is 2.31. The Kier molecular flexibility index (Phi) is 6.08. The summed E-state index contributed by atoms with van der Waals surface area (Å²) in [6.07, 6.45) is 0. The predicted octanol–water partition coefficient (Wildman–Crippen LogP) is 1.37. The highest BCUT2D eigenvalue weighted by atomic mass is 79.9. The first-order chi connectivity index (χ1) is 12.9. The molecular weight excluding hydrogens is 469 g/mol. The molecule has 14 heteroatoms. The van der Waals surface area contributed by atoms with Crippen LogP contribution in [0.1, 0.15) is 6.92 Å². The summed E-state index contributed by atoms with van der Waals surface area (Å²) in [5, 5.41) is 11.3. The smallest absolute Gasteiger partial charge is 0.295 e. The average molecular weight is 480 g/mol. The average Bonchev–Trinajstić information content (AvgIpc) is 3.21. The van der Waals surface area contributed by atoms with E-state index in [1.807, 2.05) is 0 Å². The number of thioether (sulfide) groups is 1. The molecule has 3 aromatic rings. The molecule has 27 heavy (non-hydrogen) atoms. The van der Waals surface area contributed by atoms with E-state index in [1.165, 1.54) is 30.0 Å². The second-order valence-electron chi connectivity index (χ2n) is 5.17. The lowest BCUT2D eigenvalue weighted by molar-refractivity contribution is 0.299. The third-order valence-corrected chi connectivity index (χ3v) is 5.37. The second kappa shape index (κ2) is 8.33. The summed E-state index contributed by atoms with van der Waals surface area (Å²) >= 11 is 4.23. The molecule has 0 radical (unpaired) electrons. The van der Waals surface area contributed by atoms with E-state index in [0.717, 1.165) is 4.57 Å². The molecule has 2 heterocycles. The fraction of sp³-hybridized carbons (Fsp3) is 0.231. The molecule has 0 aliphatic heterocycles. The number of hydrogen-bond acceptors (Lipinski definition) is 9. The normalized spacial score (nSPS) is 12.6. The van der Waals surface area contributed by atoms with Crippen LogP contribution in [0.25, 0.3) is 17.2 Å². The van der Waals surface area contributed by atoms with E-state index in [9.17, 15) is 17.6 Å². The van der Waals surface area contributed by atoms with Gasteiger partial charge in [-0.3, -0.25) is 4.52 Å². The minimum Gasteiger partial charge on any atom is -0.295 e. The summed E-state index contributed by atoms with van der Waals surface area (Å²) in [4.78, 5) is 12.1. The van der Waals surface area contributed by atoms with E-state index in [0.29, 0.717) is 5.69 Å². The quantitative estimate of drug-likeness (QED) is 0.380. The van der Waals surface area contributed by atoms with E-state index >= 15 is 0 Å². The van der Waals surface area contributed by atoms with Crippen LogP contribution in [0.4, 0.5) is 4.39 Å². The second-order valence-corrected chi connectivity index (χ2v) is 8.28. The highest BCUT2D eigenvalue weighted by Gasteiger charge is 2.24. The molecule has 0 bridgehead atoms. The van der Waals surface area contributed by atoms with Gasteiger partial charge < -0.3 is 0 Å². The monoisotopic (exact) mass is 479 g/mol. The van der Waals surface area contributed by atoms with Gasteiger partial charge in [-0.05, 0) is 44.4 Å². The largest absolute Gasteiger partial charge is 0.446 e. The van der Waals surface area contributed by atoms with E-state index < -0.39 is 22.5 Å². The van der Waals surface area contributed by atoms with Crippen LogP contribution in [-0.2, 0) is 10.9 Å². The van der Waals surface area contributed by atoms with Gasteiger partial charge in [0.2, 0.25) is 16.7 Å². The predicted molar refractivity (Wildman–Crippen MR) is 96.7 cm³/mol. The van der Waals surface area contributed by atoms with Gasteiger partial charge in [0.1, 0.15) is 5.82 Å². The minimum atomic E-state index is -2.72. The van der Waals surface area contributed by atoms with E-state index in [1.54, 1.807) is 6.92 Å². The van der Waals surface area contributed by atoms with Gasteiger partial charge in [-0.1, -0.05) is 23.8 Å². The third kappa shape index (κ3) is 4.45. The van der Waals surface area contributed by atoms with Crippen molar-refractivity contribution >= 4 is 38.6 Å². The lowest BCUT2D eigenvalue weighted by atomic mass is 10.3.